The highest BCUT2D eigenvalue weighted by atomic mass is 19.4. The number of hydrogen-bond donors (Lipinski definition) is 1. The Bertz CT molecular complexity index is 744. The van der Waals surface area contributed by atoms with Gasteiger partial charge in [-0.15, -0.1) is 0 Å². The number of ether oxygens (including phenoxy) is 1. The first-order valence-corrected chi connectivity index (χ1v) is 8.66. The van der Waals surface area contributed by atoms with Gasteiger partial charge >= 0.3 is 6.18 Å². The summed E-state index contributed by atoms with van der Waals surface area (Å²) in [7, 11) is 0. The van der Waals surface area contributed by atoms with Crippen molar-refractivity contribution in [3.05, 3.63) is 42.1 Å². The van der Waals surface area contributed by atoms with Crippen LogP contribution in [-0.2, 0) is 15.7 Å². The van der Waals surface area contributed by atoms with E-state index < -0.39 is 23.8 Å². The number of halogens is 3. The van der Waals surface area contributed by atoms with Crippen molar-refractivity contribution in [2.45, 2.75) is 51.9 Å². The number of nitrogens with zero attached hydrogens (tertiary/aromatic N) is 3. The molecule has 2 aromatic rings. The van der Waals surface area contributed by atoms with Gasteiger partial charge in [0.15, 0.2) is 5.69 Å². The molecule has 0 aliphatic heterocycles. The maximum absolute atomic E-state index is 12.9. The van der Waals surface area contributed by atoms with Crippen LogP contribution in [0.3, 0.4) is 0 Å². The Balaban J connectivity index is 2.21. The van der Waals surface area contributed by atoms with E-state index in [-0.39, 0.29) is 12.5 Å². The van der Waals surface area contributed by atoms with E-state index in [1.165, 1.54) is 0 Å². The van der Waals surface area contributed by atoms with Crippen LogP contribution in [0.5, 0.6) is 0 Å². The third kappa shape index (κ3) is 6.06. The van der Waals surface area contributed by atoms with Crippen molar-refractivity contribution < 1.29 is 22.7 Å². The average Bonchev–Trinajstić information content (AvgIpc) is 3.10. The largest absolute Gasteiger partial charge is 0.434 e. The lowest BCUT2D eigenvalue weighted by atomic mass is 10.1. The number of nitrogens with one attached hydrogen (secondary N) is 1. The van der Waals surface area contributed by atoms with E-state index in [1.54, 1.807) is 25.3 Å². The average molecular weight is 384 g/mol. The molecule has 0 aliphatic rings. The third-order valence-electron chi connectivity index (χ3n) is 3.88. The molecule has 0 saturated carbocycles. The second kappa shape index (κ2) is 8.98. The molecule has 148 valence electrons. The molecular weight excluding hydrogens is 361 g/mol. The molecule has 2 heterocycles. The van der Waals surface area contributed by atoms with Crippen LogP contribution < -0.4 is 5.32 Å². The molecule has 1 amide bonds. The second-order valence-corrected chi connectivity index (χ2v) is 6.35. The summed E-state index contributed by atoms with van der Waals surface area (Å²) in [4.78, 5) is 20.2. The molecule has 2 aromatic heterocycles. The van der Waals surface area contributed by atoms with Crippen LogP contribution in [0.15, 0.2) is 30.9 Å². The van der Waals surface area contributed by atoms with Gasteiger partial charge in [-0.25, -0.2) is 9.97 Å². The minimum Gasteiger partial charge on any atom is -0.378 e. The number of carbonyl (C=O) groups excluding carboxylic acids is 1. The lowest BCUT2D eigenvalue weighted by Crippen LogP contribution is -2.29. The number of pyridine rings is 1. The molecule has 0 aliphatic carbocycles. The number of anilines is 1. The van der Waals surface area contributed by atoms with Crippen molar-refractivity contribution in [3.63, 3.8) is 0 Å². The first-order chi connectivity index (χ1) is 12.7. The fraction of sp³-hybridized carbons (Fsp3) is 0.500. The maximum Gasteiger partial charge on any atom is 0.434 e. The molecule has 2 rings (SSSR count). The number of amides is 1. The van der Waals surface area contributed by atoms with E-state index in [0.29, 0.717) is 12.4 Å². The first kappa shape index (κ1) is 20.9. The van der Waals surface area contributed by atoms with Crippen LogP contribution in [0.25, 0.3) is 0 Å². The van der Waals surface area contributed by atoms with Crippen LogP contribution in [0.4, 0.5) is 19.0 Å². The molecule has 0 bridgehead atoms. The fourth-order valence-corrected chi connectivity index (χ4v) is 2.47. The van der Waals surface area contributed by atoms with Crippen molar-refractivity contribution in [2.24, 2.45) is 0 Å². The quantitative estimate of drug-likeness (QED) is 0.747. The van der Waals surface area contributed by atoms with Crippen molar-refractivity contribution in [1.82, 2.24) is 14.5 Å². The predicted octanol–water partition coefficient (Wildman–Crippen LogP) is 3.99. The van der Waals surface area contributed by atoms with Crippen molar-refractivity contribution in [1.29, 1.82) is 0 Å². The molecule has 0 fully saturated rings. The van der Waals surface area contributed by atoms with Crippen LogP contribution in [-0.4, -0.2) is 33.2 Å². The van der Waals surface area contributed by atoms with E-state index in [4.69, 9.17) is 4.74 Å². The molecule has 0 spiro atoms. The Kier molecular flexibility index (Phi) is 6.95. The zero-order valence-electron chi connectivity index (χ0n) is 15.5. The summed E-state index contributed by atoms with van der Waals surface area (Å²) in [6.45, 7) is 6.10. The number of alkyl halides is 3. The van der Waals surface area contributed by atoms with Gasteiger partial charge in [0.05, 0.1) is 12.4 Å². The van der Waals surface area contributed by atoms with E-state index >= 15 is 0 Å². The zero-order valence-corrected chi connectivity index (χ0v) is 15.5. The van der Waals surface area contributed by atoms with Gasteiger partial charge in [0.25, 0.3) is 0 Å². The molecule has 0 saturated heterocycles. The minimum absolute atomic E-state index is 0.200. The van der Waals surface area contributed by atoms with E-state index in [9.17, 15) is 18.0 Å². The highest BCUT2D eigenvalue weighted by Gasteiger charge is 2.35. The molecule has 6 nitrogen and oxygen atoms in total. The number of rotatable bonds is 8. The van der Waals surface area contributed by atoms with Crippen LogP contribution in [0, 0.1) is 6.92 Å². The van der Waals surface area contributed by atoms with Gasteiger partial charge in [-0.05, 0) is 31.9 Å². The van der Waals surface area contributed by atoms with Crippen molar-refractivity contribution in [3.8, 4) is 0 Å². The number of carbonyl (C=O) groups is 1. The molecule has 1 N–H and O–H groups in total. The van der Waals surface area contributed by atoms with Crippen molar-refractivity contribution in [2.75, 3.05) is 11.9 Å². The summed E-state index contributed by atoms with van der Waals surface area (Å²) in [6, 6.07) is 2.50. The Hall–Kier alpha value is -2.42. The first-order valence-electron chi connectivity index (χ1n) is 8.66. The molecule has 0 radical (unpaired) electrons. The summed E-state index contributed by atoms with van der Waals surface area (Å²) in [5.41, 5.74) is -0.119. The maximum atomic E-state index is 12.9. The van der Waals surface area contributed by atoms with Gasteiger partial charge in [-0.1, -0.05) is 13.0 Å². The standard InChI is InChI=1S/C18H23F3N4O2/c1-4-7-27-13(3)8-14(25-10-15(23-11-25)18(19,20)21)17(26)24-16-6-5-12(2)9-22-16/h5-6,9-11,13-14H,4,7-8H2,1-3H3,(H,22,24,26). The predicted molar refractivity (Wildman–Crippen MR) is 94.2 cm³/mol. The normalized spacial score (nSPS) is 14.0. The molecule has 9 heteroatoms. The lowest BCUT2D eigenvalue weighted by Gasteiger charge is -2.22. The Morgan fingerprint density at radius 2 is 2.07 bits per heavy atom. The molecule has 2 atom stereocenters. The fourth-order valence-electron chi connectivity index (χ4n) is 2.47. The van der Waals surface area contributed by atoms with Gasteiger partial charge in [0.2, 0.25) is 5.91 Å². The molecule has 27 heavy (non-hydrogen) atoms. The minimum atomic E-state index is -4.57. The van der Waals surface area contributed by atoms with Gasteiger partial charge in [0.1, 0.15) is 11.9 Å². The summed E-state index contributed by atoms with van der Waals surface area (Å²) < 4.78 is 45.4. The number of aryl methyl sites for hydroxylation is 1. The van der Waals surface area contributed by atoms with Crippen LogP contribution in [0.2, 0.25) is 0 Å². The summed E-state index contributed by atoms with van der Waals surface area (Å²) in [6.07, 6.45) is -0.445. The SMILES string of the molecule is CCCOC(C)CC(C(=O)Nc1ccc(C)cn1)n1cnc(C(F)(F)F)c1. The molecule has 0 aromatic carbocycles. The smallest absolute Gasteiger partial charge is 0.378 e. The molecule has 2 unspecified atom stereocenters. The van der Waals surface area contributed by atoms with E-state index in [2.05, 4.69) is 15.3 Å². The number of hydrogen-bond acceptors (Lipinski definition) is 4. The number of aromatic nitrogens is 3. The highest BCUT2D eigenvalue weighted by molar-refractivity contribution is 5.92. The van der Waals surface area contributed by atoms with E-state index in [0.717, 1.165) is 29.1 Å². The van der Waals surface area contributed by atoms with Gasteiger partial charge in [0, 0.05) is 25.4 Å². The van der Waals surface area contributed by atoms with Gasteiger partial charge < -0.3 is 14.6 Å². The Labute approximate surface area is 155 Å². The van der Waals surface area contributed by atoms with Gasteiger partial charge in [-0.2, -0.15) is 13.2 Å². The van der Waals surface area contributed by atoms with Crippen LogP contribution in [0.1, 0.15) is 44.0 Å². The summed E-state index contributed by atoms with van der Waals surface area (Å²) >= 11 is 0. The van der Waals surface area contributed by atoms with Crippen molar-refractivity contribution >= 4 is 11.7 Å². The topological polar surface area (TPSA) is 69.0 Å². The van der Waals surface area contributed by atoms with Crippen LogP contribution >= 0.6 is 0 Å². The lowest BCUT2D eigenvalue weighted by molar-refractivity contribution is -0.141. The Morgan fingerprint density at radius 3 is 2.63 bits per heavy atom. The monoisotopic (exact) mass is 384 g/mol. The summed E-state index contributed by atoms with van der Waals surface area (Å²) in [5, 5.41) is 2.64. The van der Waals surface area contributed by atoms with E-state index in [1.807, 2.05) is 13.8 Å². The Morgan fingerprint density at radius 1 is 1.33 bits per heavy atom. The highest BCUT2D eigenvalue weighted by Crippen LogP contribution is 2.29. The summed E-state index contributed by atoms with van der Waals surface area (Å²) in [5.74, 6) is -0.154. The van der Waals surface area contributed by atoms with Gasteiger partial charge in [-0.3, -0.25) is 4.79 Å². The molecular formula is C18H23F3N4O2. The zero-order chi connectivity index (χ0) is 20.0. The second-order valence-electron chi connectivity index (χ2n) is 6.35. The number of imidazole rings is 1. The third-order valence-corrected chi connectivity index (χ3v) is 3.88.